The van der Waals surface area contributed by atoms with Gasteiger partial charge in [0.25, 0.3) is 0 Å². The van der Waals surface area contributed by atoms with Gasteiger partial charge >= 0.3 is 5.97 Å². The van der Waals surface area contributed by atoms with Gasteiger partial charge in [0, 0.05) is 33.1 Å². The van der Waals surface area contributed by atoms with Crippen molar-refractivity contribution in [3.05, 3.63) is 90.3 Å². The molecule has 4 nitrogen and oxygen atoms in total. The van der Waals surface area contributed by atoms with Gasteiger partial charge in [-0.25, -0.2) is 4.79 Å². The van der Waals surface area contributed by atoms with E-state index in [4.69, 9.17) is 0 Å². The molecule has 0 atom stereocenters. The van der Waals surface area contributed by atoms with Crippen LogP contribution in [0.15, 0.2) is 88.9 Å². The molecule has 1 N–H and O–H groups in total. The van der Waals surface area contributed by atoms with Crippen molar-refractivity contribution in [3.63, 3.8) is 0 Å². The van der Waals surface area contributed by atoms with E-state index in [0.29, 0.717) is 10.5 Å². The number of aromatic carboxylic acids is 1. The van der Waals surface area contributed by atoms with Gasteiger partial charge < -0.3 is 5.11 Å². The van der Waals surface area contributed by atoms with E-state index in [0.717, 1.165) is 26.8 Å². The molecule has 0 radical (unpaired) electrons. The van der Waals surface area contributed by atoms with Crippen molar-refractivity contribution in [3.8, 4) is 17.2 Å². The third kappa shape index (κ3) is 3.22. The molecule has 0 unspecified atom stereocenters. The summed E-state index contributed by atoms with van der Waals surface area (Å²) in [6, 6.07) is 22.6. The Morgan fingerprint density at radius 2 is 1.64 bits per heavy atom. The smallest absolute Gasteiger partial charge is 0.336 e. The molecule has 4 rings (SSSR count). The zero-order valence-corrected chi connectivity index (χ0v) is 15.5. The van der Waals surface area contributed by atoms with Gasteiger partial charge in [0.15, 0.2) is 0 Å². The van der Waals surface area contributed by atoms with Crippen molar-refractivity contribution in [1.29, 1.82) is 5.26 Å². The minimum absolute atomic E-state index is 0.264. The highest BCUT2D eigenvalue weighted by Gasteiger charge is 2.15. The fourth-order valence-corrected chi connectivity index (χ4v) is 4.21. The van der Waals surface area contributed by atoms with Gasteiger partial charge in [-0.1, -0.05) is 54.2 Å². The summed E-state index contributed by atoms with van der Waals surface area (Å²) in [5, 5.41) is 20.7. The molecule has 0 aliphatic rings. The van der Waals surface area contributed by atoms with E-state index in [-0.39, 0.29) is 5.56 Å². The first-order chi connectivity index (χ1) is 13.7. The molecule has 0 bridgehead atoms. The molecule has 0 aliphatic heterocycles. The molecule has 1 heterocycles. The van der Waals surface area contributed by atoms with E-state index < -0.39 is 5.97 Å². The number of fused-ring (bicyclic) bond motifs is 1. The Labute approximate surface area is 166 Å². The van der Waals surface area contributed by atoms with Crippen molar-refractivity contribution >= 4 is 28.5 Å². The molecule has 0 saturated heterocycles. The predicted octanol–water partition coefficient (Wildman–Crippen LogP) is 5.62. The van der Waals surface area contributed by atoms with E-state index in [1.165, 1.54) is 11.8 Å². The summed E-state index contributed by atoms with van der Waals surface area (Å²) in [7, 11) is 0. The minimum atomic E-state index is -0.956. The maximum atomic E-state index is 11.6. The van der Waals surface area contributed by atoms with E-state index in [2.05, 4.69) is 11.1 Å². The lowest BCUT2D eigenvalue weighted by Crippen LogP contribution is -1.98. The van der Waals surface area contributed by atoms with E-state index >= 15 is 0 Å². The van der Waals surface area contributed by atoms with Crippen molar-refractivity contribution in [2.75, 3.05) is 0 Å². The molecule has 0 spiro atoms. The average Bonchev–Trinajstić information content (AvgIpc) is 2.74. The summed E-state index contributed by atoms with van der Waals surface area (Å²) in [4.78, 5) is 17.4. The van der Waals surface area contributed by atoms with E-state index in [9.17, 15) is 15.2 Å². The number of aromatic nitrogens is 1. The highest BCUT2D eigenvalue weighted by molar-refractivity contribution is 7.99. The summed E-state index contributed by atoms with van der Waals surface area (Å²) >= 11 is 1.40. The van der Waals surface area contributed by atoms with Gasteiger partial charge in [0.1, 0.15) is 0 Å². The van der Waals surface area contributed by atoms with Gasteiger partial charge in [0.05, 0.1) is 17.2 Å². The van der Waals surface area contributed by atoms with Gasteiger partial charge in [-0.3, -0.25) is 4.98 Å². The number of nitriles is 1. The Balaban J connectivity index is 1.88. The summed E-state index contributed by atoms with van der Waals surface area (Å²) in [6.07, 6.45) is 3.47. The fourth-order valence-electron chi connectivity index (χ4n) is 3.16. The van der Waals surface area contributed by atoms with E-state index in [1.807, 2.05) is 48.5 Å². The number of hydrogen-bond donors (Lipinski definition) is 1. The molecule has 134 valence electrons. The van der Waals surface area contributed by atoms with Crippen molar-refractivity contribution in [2.45, 2.75) is 9.79 Å². The second kappa shape index (κ2) is 7.55. The number of nitrogens with zero attached hydrogens (tertiary/aromatic N) is 2. The van der Waals surface area contributed by atoms with Gasteiger partial charge in [-0.05, 0) is 35.2 Å². The molecule has 0 fully saturated rings. The second-order valence-electron chi connectivity index (χ2n) is 6.09. The maximum absolute atomic E-state index is 11.6. The molecule has 0 amide bonds. The fraction of sp³-hybridized carbons (Fsp3) is 0. The lowest BCUT2D eigenvalue weighted by Gasteiger charge is -2.13. The lowest BCUT2D eigenvalue weighted by atomic mass is 9.96. The van der Waals surface area contributed by atoms with Crippen LogP contribution >= 0.6 is 11.8 Å². The van der Waals surface area contributed by atoms with Crippen LogP contribution in [0.25, 0.3) is 21.9 Å². The maximum Gasteiger partial charge on any atom is 0.336 e. The summed E-state index contributed by atoms with van der Waals surface area (Å²) in [5.41, 5.74) is 2.74. The number of benzene rings is 3. The number of carbonyl (C=O) groups is 1. The number of hydrogen-bond acceptors (Lipinski definition) is 4. The normalized spacial score (nSPS) is 10.5. The molecule has 3 aromatic carbocycles. The van der Waals surface area contributed by atoms with Crippen molar-refractivity contribution in [2.24, 2.45) is 0 Å². The second-order valence-corrected chi connectivity index (χ2v) is 7.18. The Bertz CT molecular complexity index is 1240. The van der Waals surface area contributed by atoms with Crippen molar-refractivity contribution < 1.29 is 9.90 Å². The first-order valence-corrected chi connectivity index (χ1v) is 9.37. The van der Waals surface area contributed by atoms with Crippen LogP contribution < -0.4 is 0 Å². The monoisotopic (exact) mass is 382 g/mol. The van der Waals surface area contributed by atoms with Crippen LogP contribution in [0, 0.1) is 11.3 Å². The van der Waals surface area contributed by atoms with Crippen LogP contribution in [-0.4, -0.2) is 16.1 Å². The Kier molecular flexibility index (Phi) is 4.79. The first kappa shape index (κ1) is 17.8. The molecule has 0 aliphatic carbocycles. The van der Waals surface area contributed by atoms with Gasteiger partial charge in [-0.2, -0.15) is 5.26 Å². The van der Waals surface area contributed by atoms with Crippen LogP contribution in [0.1, 0.15) is 15.9 Å². The molecule has 5 heteroatoms. The topological polar surface area (TPSA) is 74.0 Å². The highest BCUT2D eigenvalue weighted by Crippen LogP contribution is 2.39. The summed E-state index contributed by atoms with van der Waals surface area (Å²) in [6.45, 7) is 0. The number of carboxylic acids is 1. The third-order valence-electron chi connectivity index (χ3n) is 4.45. The van der Waals surface area contributed by atoms with Gasteiger partial charge in [-0.15, -0.1) is 0 Å². The predicted molar refractivity (Wildman–Crippen MR) is 109 cm³/mol. The molecule has 4 aromatic rings. The van der Waals surface area contributed by atoms with Crippen LogP contribution in [0.3, 0.4) is 0 Å². The van der Waals surface area contributed by atoms with Crippen LogP contribution in [0.5, 0.6) is 0 Å². The Morgan fingerprint density at radius 1 is 0.893 bits per heavy atom. The summed E-state index contributed by atoms with van der Waals surface area (Å²) in [5.74, 6) is -0.956. The Hall–Kier alpha value is -3.62. The summed E-state index contributed by atoms with van der Waals surface area (Å²) < 4.78 is 0. The largest absolute Gasteiger partial charge is 0.478 e. The zero-order chi connectivity index (χ0) is 19.5. The lowest BCUT2D eigenvalue weighted by molar-refractivity contribution is 0.0693. The minimum Gasteiger partial charge on any atom is -0.478 e. The number of pyridine rings is 1. The number of rotatable bonds is 4. The number of carboxylic acid groups (broad SMARTS) is 1. The van der Waals surface area contributed by atoms with Crippen LogP contribution in [-0.2, 0) is 0 Å². The first-order valence-electron chi connectivity index (χ1n) is 8.55. The highest BCUT2D eigenvalue weighted by atomic mass is 32.2. The van der Waals surface area contributed by atoms with E-state index in [1.54, 1.807) is 30.6 Å². The zero-order valence-electron chi connectivity index (χ0n) is 14.7. The van der Waals surface area contributed by atoms with Crippen LogP contribution in [0.2, 0.25) is 0 Å². The quantitative estimate of drug-likeness (QED) is 0.496. The molecule has 0 saturated carbocycles. The van der Waals surface area contributed by atoms with Crippen molar-refractivity contribution in [1.82, 2.24) is 4.98 Å². The molecular weight excluding hydrogens is 368 g/mol. The Morgan fingerprint density at radius 3 is 2.43 bits per heavy atom. The average molecular weight is 382 g/mol. The molecular formula is C23H14N2O2S. The third-order valence-corrected chi connectivity index (χ3v) is 5.60. The van der Waals surface area contributed by atoms with Gasteiger partial charge in [0.2, 0.25) is 0 Å². The van der Waals surface area contributed by atoms with Crippen LogP contribution in [0.4, 0.5) is 0 Å². The standard InChI is InChI=1S/C23H14N2O2S/c24-13-15-9-10-18(17-6-2-1-5-16(15)17)20-14-25-12-11-22(20)28-21-8-4-3-7-19(21)23(26)27/h1-12,14H,(H,26,27). The molecule has 28 heavy (non-hydrogen) atoms. The SMILES string of the molecule is N#Cc1ccc(-c2cnccc2Sc2ccccc2C(=O)O)c2ccccc12. The molecule has 1 aromatic heterocycles.